The number of carbonyl (C=O) groups excluding carboxylic acids is 2. The third-order valence-corrected chi connectivity index (χ3v) is 3.87. The number of hydrogen-bond donors (Lipinski definition) is 2. The van der Waals surface area contributed by atoms with E-state index in [1.165, 1.54) is 17.2 Å². The van der Waals surface area contributed by atoms with Crippen molar-refractivity contribution in [2.24, 2.45) is 0 Å². The zero-order chi connectivity index (χ0) is 18.7. The summed E-state index contributed by atoms with van der Waals surface area (Å²) < 4.78 is 25.9. The van der Waals surface area contributed by atoms with E-state index in [0.717, 1.165) is 12.5 Å². The monoisotopic (exact) mass is 360 g/mol. The van der Waals surface area contributed by atoms with E-state index in [0.29, 0.717) is 18.1 Å². The molecule has 0 aliphatic carbocycles. The molecule has 3 rings (SSSR count). The Morgan fingerprint density at radius 3 is 2.77 bits per heavy atom. The summed E-state index contributed by atoms with van der Waals surface area (Å²) in [5.41, 5.74) is 1.48. The van der Waals surface area contributed by atoms with Crippen molar-refractivity contribution in [1.82, 2.24) is 10.3 Å². The van der Waals surface area contributed by atoms with Crippen LogP contribution in [0.15, 0.2) is 42.6 Å². The number of aromatic nitrogens is 1. The molecule has 1 aromatic carbocycles. The standard InChI is InChI=1S/C18H18F2N4O2/c1-18(19,20)11-23-17(26)13-7-14-16(21-8-13)22-9-15(25)24(14)10-12-5-3-2-4-6-12/h2-8H,9-11H2,1H3,(H,21,22)(H,23,26). The van der Waals surface area contributed by atoms with Crippen molar-refractivity contribution in [3.05, 3.63) is 53.7 Å². The summed E-state index contributed by atoms with van der Waals surface area (Å²) in [5.74, 6) is -3.37. The predicted molar refractivity (Wildman–Crippen MR) is 93.3 cm³/mol. The number of benzene rings is 1. The number of halogens is 2. The van der Waals surface area contributed by atoms with Crippen LogP contribution in [0.2, 0.25) is 0 Å². The molecular formula is C18H18F2N4O2. The first-order valence-electron chi connectivity index (χ1n) is 8.08. The molecule has 1 aromatic heterocycles. The van der Waals surface area contributed by atoms with E-state index >= 15 is 0 Å². The molecule has 26 heavy (non-hydrogen) atoms. The van der Waals surface area contributed by atoms with Crippen LogP contribution in [0.25, 0.3) is 0 Å². The summed E-state index contributed by atoms with van der Waals surface area (Å²) in [6.45, 7) is 0.380. The van der Waals surface area contributed by atoms with Crippen LogP contribution in [0.3, 0.4) is 0 Å². The summed E-state index contributed by atoms with van der Waals surface area (Å²) in [5, 5.41) is 5.07. The number of fused-ring (bicyclic) bond motifs is 1. The van der Waals surface area contributed by atoms with Crippen molar-refractivity contribution in [2.45, 2.75) is 19.4 Å². The van der Waals surface area contributed by atoms with Gasteiger partial charge in [-0.1, -0.05) is 30.3 Å². The van der Waals surface area contributed by atoms with Gasteiger partial charge >= 0.3 is 0 Å². The molecule has 0 saturated carbocycles. The molecule has 2 heterocycles. The molecule has 2 N–H and O–H groups in total. The highest BCUT2D eigenvalue weighted by atomic mass is 19.3. The van der Waals surface area contributed by atoms with Crippen LogP contribution in [0.1, 0.15) is 22.8 Å². The maximum Gasteiger partial charge on any atom is 0.262 e. The summed E-state index contributed by atoms with van der Waals surface area (Å²) in [7, 11) is 0. The van der Waals surface area contributed by atoms with Crippen molar-refractivity contribution in [2.75, 3.05) is 23.3 Å². The molecule has 0 radical (unpaired) electrons. The van der Waals surface area contributed by atoms with Crippen molar-refractivity contribution in [1.29, 1.82) is 0 Å². The van der Waals surface area contributed by atoms with Crippen molar-refractivity contribution >= 4 is 23.3 Å². The maximum atomic E-state index is 12.9. The van der Waals surface area contributed by atoms with Gasteiger partial charge in [0.05, 0.1) is 30.9 Å². The lowest BCUT2D eigenvalue weighted by Gasteiger charge is -2.29. The van der Waals surface area contributed by atoms with Crippen LogP contribution in [-0.4, -0.2) is 35.8 Å². The zero-order valence-corrected chi connectivity index (χ0v) is 14.1. The minimum Gasteiger partial charge on any atom is -0.359 e. The largest absolute Gasteiger partial charge is 0.359 e. The number of nitrogens with zero attached hydrogens (tertiary/aromatic N) is 2. The molecule has 0 fully saturated rings. The quantitative estimate of drug-likeness (QED) is 0.859. The first-order chi connectivity index (χ1) is 12.3. The summed E-state index contributed by atoms with van der Waals surface area (Å²) >= 11 is 0. The molecule has 8 heteroatoms. The number of nitrogens with one attached hydrogen (secondary N) is 2. The van der Waals surface area contributed by atoms with E-state index in [9.17, 15) is 18.4 Å². The molecule has 0 unspecified atom stereocenters. The third kappa shape index (κ3) is 4.14. The molecule has 2 amide bonds. The highest BCUT2D eigenvalue weighted by molar-refractivity contribution is 6.04. The Kier molecular flexibility index (Phi) is 4.83. The average molecular weight is 360 g/mol. The molecule has 0 saturated heterocycles. The second kappa shape index (κ2) is 7.07. The lowest BCUT2D eigenvalue weighted by atomic mass is 10.1. The Balaban J connectivity index is 1.85. The van der Waals surface area contributed by atoms with E-state index in [1.54, 1.807) is 0 Å². The van der Waals surface area contributed by atoms with Crippen LogP contribution in [0.5, 0.6) is 0 Å². The van der Waals surface area contributed by atoms with Crippen molar-refractivity contribution in [3.8, 4) is 0 Å². The third-order valence-electron chi connectivity index (χ3n) is 3.87. The highest BCUT2D eigenvalue weighted by Gasteiger charge is 2.27. The Hall–Kier alpha value is -3.03. The second-order valence-electron chi connectivity index (χ2n) is 6.16. The smallest absolute Gasteiger partial charge is 0.262 e. The summed E-state index contributed by atoms with van der Waals surface area (Å²) in [4.78, 5) is 30.1. The van der Waals surface area contributed by atoms with Gasteiger partial charge < -0.3 is 15.5 Å². The minimum absolute atomic E-state index is 0.0977. The topological polar surface area (TPSA) is 74.3 Å². The SMILES string of the molecule is CC(F)(F)CNC(=O)c1cnc2c(c1)N(Cc1ccccc1)C(=O)CN2. The number of hydrogen-bond acceptors (Lipinski definition) is 4. The number of carbonyl (C=O) groups is 2. The molecule has 1 aliphatic heterocycles. The fourth-order valence-electron chi connectivity index (χ4n) is 2.59. The Morgan fingerprint density at radius 1 is 1.35 bits per heavy atom. The number of amides is 2. The van der Waals surface area contributed by atoms with Gasteiger partial charge in [-0.05, 0) is 11.6 Å². The predicted octanol–water partition coefficient (Wildman–Crippen LogP) is 2.43. The summed E-state index contributed by atoms with van der Waals surface area (Å²) in [6.07, 6.45) is 1.30. The maximum absolute atomic E-state index is 12.9. The minimum atomic E-state index is -3.01. The Bertz CT molecular complexity index is 822. The fraction of sp³-hybridized carbons (Fsp3) is 0.278. The van der Waals surface area contributed by atoms with Gasteiger partial charge in [-0.3, -0.25) is 9.59 Å². The van der Waals surface area contributed by atoms with E-state index < -0.39 is 18.4 Å². The van der Waals surface area contributed by atoms with Crippen LogP contribution in [-0.2, 0) is 11.3 Å². The van der Waals surface area contributed by atoms with Crippen LogP contribution >= 0.6 is 0 Å². The normalized spacial score (nSPS) is 13.8. The molecule has 6 nitrogen and oxygen atoms in total. The van der Waals surface area contributed by atoms with E-state index in [2.05, 4.69) is 15.6 Å². The highest BCUT2D eigenvalue weighted by Crippen LogP contribution is 2.29. The molecule has 0 bridgehead atoms. The number of pyridine rings is 1. The average Bonchev–Trinajstić information content (AvgIpc) is 2.62. The molecular weight excluding hydrogens is 342 g/mol. The number of rotatable bonds is 5. The molecule has 0 spiro atoms. The van der Waals surface area contributed by atoms with Gasteiger partial charge in [0.15, 0.2) is 5.82 Å². The van der Waals surface area contributed by atoms with Gasteiger partial charge in [-0.25, -0.2) is 13.8 Å². The van der Waals surface area contributed by atoms with Crippen molar-refractivity contribution < 1.29 is 18.4 Å². The second-order valence-corrected chi connectivity index (χ2v) is 6.16. The number of alkyl halides is 2. The summed E-state index contributed by atoms with van der Waals surface area (Å²) in [6, 6.07) is 10.9. The van der Waals surface area contributed by atoms with Gasteiger partial charge in [0.25, 0.3) is 11.8 Å². The van der Waals surface area contributed by atoms with Crippen LogP contribution < -0.4 is 15.5 Å². The molecule has 0 atom stereocenters. The first kappa shape index (κ1) is 17.8. The van der Waals surface area contributed by atoms with E-state index in [1.807, 2.05) is 30.3 Å². The van der Waals surface area contributed by atoms with Gasteiger partial charge in [-0.15, -0.1) is 0 Å². The Morgan fingerprint density at radius 2 is 2.08 bits per heavy atom. The van der Waals surface area contributed by atoms with Gasteiger partial charge in [0.2, 0.25) is 5.91 Å². The lowest BCUT2D eigenvalue weighted by molar-refractivity contribution is -0.117. The van der Waals surface area contributed by atoms with Gasteiger partial charge in [0.1, 0.15) is 0 Å². The van der Waals surface area contributed by atoms with E-state index in [4.69, 9.17) is 0 Å². The van der Waals surface area contributed by atoms with Gasteiger partial charge in [-0.2, -0.15) is 0 Å². The molecule has 136 valence electrons. The fourth-order valence-corrected chi connectivity index (χ4v) is 2.59. The zero-order valence-electron chi connectivity index (χ0n) is 14.1. The molecule has 1 aliphatic rings. The Labute approximate surface area is 149 Å². The lowest BCUT2D eigenvalue weighted by Crippen LogP contribution is -2.40. The molecule has 2 aromatic rings. The van der Waals surface area contributed by atoms with E-state index in [-0.39, 0.29) is 18.0 Å². The van der Waals surface area contributed by atoms with Gasteiger partial charge in [0, 0.05) is 13.1 Å². The van der Waals surface area contributed by atoms with Crippen molar-refractivity contribution in [3.63, 3.8) is 0 Å². The first-order valence-corrected chi connectivity index (χ1v) is 8.08. The van der Waals surface area contributed by atoms with Crippen LogP contribution in [0.4, 0.5) is 20.3 Å². The van der Waals surface area contributed by atoms with Crippen LogP contribution in [0, 0.1) is 0 Å². The number of anilines is 2.